The number of aryl methyl sites for hydroxylation is 1. The van der Waals surface area contributed by atoms with Gasteiger partial charge in [0.2, 0.25) is 0 Å². The minimum atomic E-state index is 0.0338. The van der Waals surface area contributed by atoms with Crippen molar-refractivity contribution in [2.75, 3.05) is 13.6 Å². The summed E-state index contributed by atoms with van der Waals surface area (Å²) in [5.74, 6) is 0.482. The lowest BCUT2D eigenvalue weighted by Crippen LogP contribution is -2.34. The van der Waals surface area contributed by atoms with E-state index in [0.29, 0.717) is 17.3 Å². The van der Waals surface area contributed by atoms with Crippen molar-refractivity contribution in [1.82, 2.24) is 9.88 Å². The monoisotopic (exact) mass is 255 g/mol. The van der Waals surface area contributed by atoms with Gasteiger partial charge in [0, 0.05) is 19.6 Å². The highest BCUT2D eigenvalue weighted by Crippen LogP contribution is 2.14. The van der Waals surface area contributed by atoms with E-state index in [-0.39, 0.29) is 11.9 Å². The van der Waals surface area contributed by atoms with Crippen molar-refractivity contribution in [3.63, 3.8) is 0 Å². The first kappa shape index (κ1) is 14.1. The maximum atomic E-state index is 12.0. The summed E-state index contributed by atoms with van der Waals surface area (Å²) in [6, 6.07) is 0.147. The van der Waals surface area contributed by atoms with Gasteiger partial charge in [-0.05, 0) is 19.3 Å². The molecule has 1 amide bonds. The molecule has 0 fully saturated rings. The zero-order chi connectivity index (χ0) is 13.0. The van der Waals surface area contributed by atoms with Gasteiger partial charge in [0.05, 0.1) is 11.2 Å². The summed E-state index contributed by atoms with van der Waals surface area (Å²) in [5, 5.41) is 0.917. The molecule has 0 bridgehead atoms. The predicted octanol–water partition coefficient (Wildman–Crippen LogP) is 1.90. The van der Waals surface area contributed by atoms with Gasteiger partial charge in [-0.1, -0.05) is 13.8 Å². The van der Waals surface area contributed by atoms with Gasteiger partial charge >= 0.3 is 0 Å². The molecule has 1 unspecified atom stereocenters. The highest BCUT2D eigenvalue weighted by molar-refractivity contribution is 7.13. The number of thiazole rings is 1. The smallest absolute Gasteiger partial charge is 0.265 e. The molecule has 2 N–H and O–H groups in total. The fourth-order valence-electron chi connectivity index (χ4n) is 1.43. The lowest BCUT2D eigenvalue weighted by molar-refractivity contribution is 0.0793. The number of hydrogen-bond acceptors (Lipinski definition) is 4. The Morgan fingerprint density at radius 2 is 2.24 bits per heavy atom. The molecule has 0 spiro atoms. The summed E-state index contributed by atoms with van der Waals surface area (Å²) >= 11 is 1.43. The van der Waals surface area contributed by atoms with E-state index in [1.54, 1.807) is 11.1 Å². The second-order valence-corrected chi connectivity index (χ2v) is 5.90. The van der Waals surface area contributed by atoms with Crippen LogP contribution in [0.3, 0.4) is 0 Å². The van der Waals surface area contributed by atoms with E-state index in [0.717, 1.165) is 11.4 Å². The Morgan fingerprint density at radius 1 is 1.59 bits per heavy atom. The number of nitrogens with zero attached hydrogens (tertiary/aromatic N) is 2. The molecule has 1 heterocycles. The SMILES string of the molecule is Cc1ncc(C(=O)N(C)CCC(N)C(C)C)s1. The molecule has 17 heavy (non-hydrogen) atoms. The van der Waals surface area contributed by atoms with Crippen LogP contribution in [0.25, 0.3) is 0 Å². The fourth-order valence-corrected chi connectivity index (χ4v) is 2.20. The van der Waals surface area contributed by atoms with E-state index < -0.39 is 0 Å². The lowest BCUT2D eigenvalue weighted by atomic mass is 10.0. The van der Waals surface area contributed by atoms with Crippen LogP contribution >= 0.6 is 11.3 Å². The molecule has 0 saturated carbocycles. The molecule has 1 aromatic rings. The first-order chi connectivity index (χ1) is 7.91. The zero-order valence-corrected chi connectivity index (χ0v) is 11.8. The van der Waals surface area contributed by atoms with Crippen LogP contribution in [0.2, 0.25) is 0 Å². The molecule has 1 rings (SSSR count). The number of nitrogens with two attached hydrogens (primary N) is 1. The first-order valence-corrected chi connectivity index (χ1v) is 6.67. The minimum absolute atomic E-state index is 0.0338. The Labute approximate surface area is 107 Å². The molecule has 0 saturated heterocycles. The second-order valence-electron chi connectivity index (χ2n) is 4.67. The standard InChI is InChI=1S/C12H21N3OS/c1-8(2)10(13)5-6-15(4)12(16)11-7-14-9(3)17-11/h7-8,10H,5-6,13H2,1-4H3. The Balaban J connectivity index is 2.48. The Hall–Kier alpha value is -0.940. The van der Waals surface area contributed by atoms with Crippen molar-refractivity contribution < 1.29 is 4.79 Å². The van der Waals surface area contributed by atoms with Gasteiger partial charge in [-0.15, -0.1) is 11.3 Å². The van der Waals surface area contributed by atoms with Crippen LogP contribution in [0, 0.1) is 12.8 Å². The van der Waals surface area contributed by atoms with Gasteiger partial charge in [0.1, 0.15) is 4.88 Å². The third-order valence-electron chi connectivity index (χ3n) is 2.83. The molecule has 0 aliphatic heterocycles. The molecule has 0 aliphatic rings. The molecule has 1 aromatic heterocycles. The number of amides is 1. The Bertz CT molecular complexity index is 376. The maximum Gasteiger partial charge on any atom is 0.265 e. The third-order valence-corrected chi connectivity index (χ3v) is 3.73. The van der Waals surface area contributed by atoms with Gasteiger partial charge in [-0.25, -0.2) is 4.98 Å². The summed E-state index contributed by atoms with van der Waals surface area (Å²) in [7, 11) is 1.81. The average Bonchev–Trinajstić information content (AvgIpc) is 2.70. The topological polar surface area (TPSA) is 59.2 Å². The van der Waals surface area contributed by atoms with Crippen molar-refractivity contribution in [3.05, 3.63) is 16.1 Å². The number of rotatable bonds is 5. The summed E-state index contributed by atoms with van der Waals surface area (Å²) in [5.41, 5.74) is 5.96. The first-order valence-electron chi connectivity index (χ1n) is 5.85. The number of carbonyl (C=O) groups is 1. The van der Waals surface area contributed by atoms with Crippen molar-refractivity contribution in [1.29, 1.82) is 0 Å². The summed E-state index contributed by atoms with van der Waals surface area (Å²) in [6.45, 7) is 6.78. The minimum Gasteiger partial charge on any atom is -0.341 e. The van der Waals surface area contributed by atoms with Crippen LogP contribution in [-0.4, -0.2) is 35.4 Å². The molecule has 0 aliphatic carbocycles. The van der Waals surface area contributed by atoms with Crippen molar-refractivity contribution >= 4 is 17.2 Å². The van der Waals surface area contributed by atoms with E-state index in [2.05, 4.69) is 18.8 Å². The normalized spacial score (nSPS) is 12.8. The van der Waals surface area contributed by atoms with Crippen LogP contribution in [0.15, 0.2) is 6.20 Å². The zero-order valence-electron chi connectivity index (χ0n) is 10.9. The van der Waals surface area contributed by atoms with Crippen LogP contribution in [0.1, 0.15) is 34.9 Å². The van der Waals surface area contributed by atoms with Gasteiger partial charge in [0.15, 0.2) is 0 Å². The summed E-state index contributed by atoms with van der Waals surface area (Å²) in [6.07, 6.45) is 2.47. The highest BCUT2D eigenvalue weighted by Gasteiger charge is 2.16. The number of carbonyl (C=O) groups excluding carboxylic acids is 1. The van der Waals surface area contributed by atoms with Gasteiger partial charge < -0.3 is 10.6 Å². The highest BCUT2D eigenvalue weighted by atomic mass is 32.1. The average molecular weight is 255 g/mol. The van der Waals surface area contributed by atoms with Crippen LogP contribution < -0.4 is 5.73 Å². The summed E-state index contributed by atoms with van der Waals surface area (Å²) < 4.78 is 0. The lowest BCUT2D eigenvalue weighted by Gasteiger charge is -2.20. The predicted molar refractivity (Wildman–Crippen MR) is 71.2 cm³/mol. The third kappa shape index (κ3) is 4.09. The van der Waals surface area contributed by atoms with Gasteiger partial charge in [0.25, 0.3) is 5.91 Å². The maximum absolute atomic E-state index is 12.0. The second kappa shape index (κ2) is 6.12. The molecule has 5 heteroatoms. The molecular weight excluding hydrogens is 234 g/mol. The largest absolute Gasteiger partial charge is 0.341 e. The van der Waals surface area contributed by atoms with E-state index in [4.69, 9.17) is 5.73 Å². The van der Waals surface area contributed by atoms with Gasteiger partial charge in [-0.2, -0.15) is 0 Å². The number of hydrogen-bond donors (Lipinski definition) is 1. The van der Waals surface area contributed by atoms with Crippen LogP contribution in [0.4, 0.5) is 0 Å². The van der Waals surface area contributed by atoms with Crippen molar-refractivity contribution in [2.45, 2.75) is 33.2 Å². The molecule has 0 aromatic carbocycles. The van der Waals surface area contributed by atoms with Gasteiger partial charge in [-0.3, -0.25) is 4.79 Å². The van der Waals surface area contributed by atoms with E-state index in [1.807, 2.05) is 14.0 Å². The van der Waals surface area contributed by atoms with Crippen LogP contribution in [-0.2, 0) is 0 Å². The molecule has 96 valence electrons. The van der Waals surface area contributed by atoms with E-state index in [1.165, 1.54) is 11.3 Å². The quantitative estimate of drug-likeness (QED) is 0.874. The van der Waals surface area contributed by atoms with Crippen molar-refractivity contribution in [3.8, 4) is 0 Å². The summed E-state index contributed by atoms with van der Waals surface area (Å²) in [4.78, 5) is 18.5. The van der Waals surface area contributed by atoms with E-state index >= 15 is 0 Å². The number of aromatic nitrogens is 1. The van der Waals surface area contributed by atoms with E-state index in [9.17, 15) is 4.79 Å². The van der Waals surface area contributed by atoms with Crippen molar-refractivity contribution in [2.24, 2.45) is 11.7 Å². The molecular formula is C12H21N3OS. The Kier molecular flexibility index (Phi) is 5.08. The molecule has 1 atom stereocenters. The molecule has 4 nitrogen and oxygen atoms in total. The van der Waals surface area contributed by atoms with Crippen LogP contribution in [0.5, 0.6) is 0 Å². The Morgan fingerprint density at radius 3 is 2.71 bits per heavy atom. The fraction of sp³-hybridized carbons (Fsp3) is 0.667. The molecule has 0 radical (unpaired) electrons.